The molecule has 0 bridgehead atoms. The third-order valence-electron chi connectivity index (χ3n) is 4.43. The zero-order valence-electron chi connectivity index (χ0n) is 13.9. The molecule has 0 spiro atoms. The second-order valence-corrected chi connectivity index (χ2v) is 6.65. The quantitative estimate of drug-likeness (QED) is 0.780. The number of halogens is 3. The van der Waals surface area contributed by atoms with E-state index in [0.717, 1.165) is 16.9 Å². The molecule has 1 saturated heterocycles. The number of hydrogen-bond acceptors (Lipinski definition) is 2. The summed E-state index contributed by atoms with van der Waals surface area (Å²) in [5.41, 5.74) is 1.75. The van der Waals surface area contributed by atoms with E-state index in [1.54, 1.807) is 12.1 Å². The van der Waals surface area contributed by atoms with Gasteiger partial charge in [-0.3, -0.25) is 9.59 Å². The molecule has 0 radical (unpaired) electrons. The van der Waals surface area contributed by atoms with E-state index >= 15 is 0 Å². The molecular weight excluding hydrogens is 319 g/mol. The molecule has 0 aliphatic carbocycles. The highest BCUT2D eigenvalue weighted by atomic mass is 19.4. The summed E-state index contributed by atoms with van der Waals surface area (Å²) in [6, 6.07) is 7.42. The molecule has 0 atom stereocenters. The van der Waals surface area contributed by atoms with Crippen molar-refractivity contribution < 1.29 is 22.8 Å². The Morgan fingerprint density at radius 2 is 1.67 bits per heavy atom. The number of piperidine rings is 1. The van der Waals surface area contributed by atoms with Crippen molar-refractivity contribution in [1.29, 1.82) is 0 Å². The molecule has 1 aromatic carbocycles. The Bertz CT molecular complexity index is 585. The lowest BCUT2D eigenvalue weighted by Gasteiger charge is -2.32. The smallest absolute Gasteiger partial charge is 0.335 e. The third-order valence-corrected chi connectivity index (χ3v) is 4.43. The number of carbonyl (C=O) groups excluding carboxylic acids is 2. The Hall–Kier alpha value is -1.85. The molecular formula is C18H22F3NO2. The standard InChI is InChI=1S/C18H22F3NO2/c1-12(2)16(23)15-5-3-13(4-6-15)11-14-7-9-22(10-8-14)17(24)18(19,20)21/h3-6,12,14H,7-11H2,1-2H3. The first-order chi connectivity index (χ1) is 11.2. The van der Waals surface area contributed by atoms with Crippen molar-refractivity contribution in [2.45, 2.75) is 39.3 Å². The number of benzene rings is 1. The second-order valence-electron chi connectivity index (χ2n) is 6.65. The number of carbonyl (C=O) groups is 2. The summed E-state index contributed by atoms with van der Waals surface area (Å²) in [4.78, 5) is 24.0. The molecule has 1 amide bonds. The Kier molecular flexibility index (Phi) is 5.67. The Balaban J connectivity index is 1.88. The average molecular weight is 341 g/mol. The maximum absolute atomic E-state index is 12.4. The van der Waals surface area contributed by atoms with Crippen molar-refractivity contribution in [3.05, 3.63) is 35.4 Å². The third kappa shape index (κ3) is 4.58. The Morgan fingerprint density at radius 3 is 2.12 bits per heavy atom. The second kappa shape index (κ2) is 7.36. The molecule has 1 aliphatic heterocycles. The molecule has 1 heterocycles. The summed E-state index contributed by atoms with van der Waals surface area (Å²) in [6.07, 6.45) is -2.90. The number of alkyl halides is 3. The fourth-order valence-corrected chi connectivity index (χ4v) is 2.99. The summed E-state index contributed by atoms with van der Waals surface area (Å²) in [6.45, 7) is 4.00. The van der Waals surface area contributed by atoms with E-state index in [9.17, 15) is 22.8 Å². The van der Waals surface area contributed by atoms with Gasteiger partial charge in [-0.2, -0.15) is 13.2 Å². The van der Waals surface area contributed by atoms with Crippen molar-refractivity contribution >= 4 is 11.7 Å². The molecule has 0 saturated carbocycles. The van der Waals surface area contributed by atoms with E-state index in [-0.39, 0.29) is 30.7 Å². The molecule has 2 rings (SSSR count). The van der Waals surface area contributed by atoms with Crippen LogP contribution in [0, 0.1) is 11.8 Å². The lowest BCUT2D eigenvalue weighted by atomic mass is 9.89. The number of Topliss-reactive ketones (excluding diaryl/α,β-unsaturated/α-hetero) is 1. The van der Waals surface area contributed by atoms with E-state index < -0.39 is 12.1 Å². The van der Waals surface area contributed by atoms with Crippen LogP contribution in [0.2, 0.25) is 0 Å². The van der Waals surface area contributed by atoms with Crippen molar-refractivity contribution in [2.75, 3.05) is 13.1 Å². The predicted octanol–water partition coefficient (Wildman–Crippen LogP) is 3.87. The van der Waals surface area contributed by atoms with Crippen LogP contribution in [0.25, 0.3) is 0 Å². The van der Waals surface area contributed by atoms with Crippen molar-refractivity contribution in [2.24, 2.45) is 11.8 Å². The normalized spacial score (nSPS) is 16.5. The minimum Gasteiger partial charge on any atom is -0.335 e. The molecule has 0 N–H and O–H groups in total. The van der Waals surface area contributed by atoms with Gasteiger partial charge in [0, 0.05) is 24.6 Å². The van der Waals surface area contributed by atoms with Gasteiger partial charge >= 0.3 is 12.1 Å². The monoisotopic (exact) mass is 341 g/mol. The number of ketones is 1. The first-order valence-corrected chi connectivity index (χ1v) is 8.17. The van der Waals surface area contributed by atoms with Crippen LogP contribution in [0.5, 0.6) is 0 Å². The number of likely N-dealkylation sites (tertiary alicyclic amines) is 1. The first kappa shape index (κ1) is 18.5. The zero-order valence-corrected chi connectivity index (χ0v) is 13.9. The predicted molar refractivity (Wildman–Crippen MR) is 84.7 cm³/mol. The number of rotatable bonds is 4. The minimum atomic E-state index is -4.79. The van der Waals surface area contributed by atoms with Gasteiger partial charge in [0.05, 0.1) is 0 Å². The van der Waals surface area contributed by atoms with Gasteiger partial charge in [-0.25, -0.2) is 0 Å². The summed E-state index contributed by atoms with van der Waals surface area (Å²) in [7, 11) is 0. The van der Waals surface area contributed by atoms with Gasteiger partial charge in [0.2, 0.25) is 0 Å². The molecule has 0 unspecified atom stereocenters. The van der Waals surface area contributed by atoms with Crippen LogP contribution in [0.15, 0.2) is 24.3 Å². The van der Waals surface area contributed by atoms with E-state index in [0.29, 0.717) is 18.4 Å². The fourth-order valence-electron chi connectivity index (χ4n) is 2.99. The van der Waals surface area contributed by atoms with E-state index in [2.05, 4.69) is 0 Å². The van der Waals surface area contributed by atoms with Crippen LogP contribution in [0.1, 0.15) is 42.6 Å². The van der Waals surface area contributed by atoms with Crippen LogP contribution < -0.4 is 0 Å². The molecule has 6 heteroatoms. The zero-order chi connectivity index (χ0) is 17.9. The van der Waals surface area contributed by atoms with E-state index in [1.807, 2.05) is 26.0 Å². The number of amides is 1. The highest BCUT2D eigenvalue weighted by molar-refractivity contribution is 5.97. The maximum atomic E-state index is 12.4. The van der Waals surface area contributed by atoms with Crippen LogP contribution in [0.3, 0.4) is 0 Å². The number of nitrogens with zero attached hydrogens (tertiary/aromatic N) is 1. The summed E-state index contributed by atoms with van der Waals surface area (Å²) < 4.78 is 37.3. The van der Waals surface area contributed by atoms with E-state index in [4.69, 9.17) is 0 Å². The Labute approximate surface area is 139 Å². The van der Waals surface area contributed by atoms with E-state index in [1.165, 1.54) is 0 Å². The van der Waals surface area contributed by atoms with Gasteiger partial charge in [0.15, 0.2) is 5.78 Å². The van der Waals surface area contributed by atoms with Crippen LogP contribution in [0.4, 0.5) is 13.2 Å². The van der Waals surface area contributed by atoms with Gasteiger partial charge in [-0.1, -0.05) is 38.1 Å². The molecule has 1 fully saturated rings. The SMILES string of the molecule is CC(C)C(=O)c1ccc(CC2CCN(C(=O)C(F)(F)F)CC2)cc1. The van der Waals surface area contributed by atoms with Gasteiger partial charge in [0.25, 0.3) is 0 Å². The van der Waals surface area contributed by atoms with Crippen molar-refractivity contribution in [1.82, 2.24) is 4.90 Å². The van der Waals surface area contributed by atoms with Crippen molar-refractivity contribution in [3.8, 4) is 0 Å². The first-order valence-electron chi connectivity index (χ1n) is 8.17. The highest BCUT2D eigenvalue weighted by Crippen LogP contribution is 2.26. The lowest BCUT2D eigenvalue weighted by molar-refractivity contribution is -0.186. The number of hydrogen-bond donors (Lipinski definition) is 0. The molecule has 1 aliphatic rings. The minimum absolute atomic E-state index is 0.0497. The van der Waals surface area contributed by atoms with Gasteiger partial charge in [-0.05, 0) is 30.7 Å². The van der Waals surface area contributed by atoms with Gasteiger partial charge in [-0.15, -0.1) is 0 Å². The molecule has 3 nitrogen and oxygen atoms in total. The average Bonchev–Trinajstić information content (AvgIpc) is 2.54. The van der Waals surface area contributed by atoms with Gasteiger partial charge in [0.1, 0.15) is 0 Å². The summed E-state index contributed by atoms with van der Waals surface area (Å²) in [5.74, 6) is -1.43. The van der Waals surface area contributed by atoms with Crippen LogP contribution in [-0.2, 0) is 11.2 Å². The maximum Gasteiger partial charge on any atom is 0.471 e. The van der Waals surface area contributed by atoms with Crippen molar-refractivity contribution in [3.63, 3.8) is 0 Å². The molecule has 0 aromatic heterocycles. The topological polar surface area (TPSA) is 37.4 Å². The molecule has 1 aromatic rings. The highest BCUT2D eigenvalue weighted by Gasteiger charge is 2.43. The van der Waals surface area contributed by atoms with Crippen LogP contribution >= 0.6 is 0 Å². The molecule has 132 valence electrons. The Morgan fingerprint density at radius 1 is 1.12 bits per heavy atom. The van der Waals surface area contributed by atoms with Gasteiger partial charge < -0.3 is 4.90 Å². The summed E-state index contributed by atoms with van der Waals surface area (Å²) in [5, 5.41) is 0. The molecule has 24 heavy (non-hydrogen) atoms. The lowest BCUT2D eigenvalue weighted by Crippen LogP contribution is -2.45. The summed E-state index contributed by atoms with van der Waals surface area (Å²) >= 11 is 0. The fraction of sp³-hybridized carbons (Fsp3) is 0.556. The largest absolute Gasteiger partial charge is 0.471 e. The van der Waals surface area contributed by atoms with Crippen LogP contribution in [-0.4, -0.2) is 35.9 Å².